The number of nitrogens with zero attached hydrogens (tertiary/aromatic N) is 2. The Bertz CT molecular complexity index is 1400. The Labute approximate surface area is 231 Å². The van der Waals surface area contributed by atoms with E-state index in [0.29, 0.717) is 6.54 Å². The lowest BCUT2D eigenvalue weighted by Gasteiger charge is -2.35. The van der Waals surface area contributed by atoms with Crippen LogP contribution >= 0.6 is 22.9 Å². The third-order valence-corrected chi connectivity index (χ3v) is 8.77. The minimum absolute atomic E-state index is 0.000870. The number of carbonyl (C=O) groups is 1. The lowest BCUT2D eigenvalue weighted by atomic mass is 9.92. The number of nitrogens with two attached hydrogens (primary N) is 1. The van der Waals surface area contributed by atoms with Gasteiger partial charge in [0, 0.05) is 25.0 Å². The first-order valence-corrected chi connectivity index (χ1v) is 14.1. The molecule has 2 aromatic carbocycles. The van der Waals surface area contributed by atoms with Crippen LogP contribution in [-0.2, 0) is 13.0 Å². The van der Waals surface area contributed by atoms with E-state index in [1.54, 1.807) is 12.4 Å². The van der Waals surface area contributed by atoms with Gasteiger partial charge in [0.2, 0.25) is 0 Å². The maximum absolute atomic E-state index is 14.5. The molecule has 200 valence electrons. The number of pyridine rings is 1. The molecular weight excluding hydrogens is 524 g/mol. The number of aromatic nitrogens is 1. The second-order valence-electron chi connectivity index (χ2n) is 9.28. The monoisotopic (exact) mass is 555 g/mol. The summed E-state index contributed by atoms with van der Waals surface area (Å²) in [6, 6.07) is 12.5. The van der Waals surface area contributed by atoms with E-state index < -0.39 is 11.6 Å². The maximum atomic E-state index is 14.5. The highest BCUT2D eigenvalue weighted by Crippen LogP contribution is 2.40. The summed E-state index contributed by atoms with van der Waals surface area (Å²) < 4.78 is 29.1. The zero-order valence-corrected chi connectivity index (χ0v) is 23.2. The summed E-state index contributed by atoms with van der Waals surface area (Å²) in [5, 5.41) is -0.0124. The highest BCUT2D eigenvalue weighted by atomic mass is 35.5. The van der Waals surface area contributed by atoms with Crippen LogP contribution in [0.25, 0.3) is 21.2 Å². The first-order valence-electron chi connectivity index (χ1n) is 12.9. The molecule has 1 aliphatic carbocycles. The van der Waals surface area contributed by atoms with Gasteiger partial charge in [-0.1, -0.05) is 49.9 Å². The van der Waals surface area contributed by atoms with Crippen LogP contribution in [0, 0.1) is 11.6 Å². The van der Waals surface area contributed by atoms with Crippen LogP contribution in [-0.4, -0.2) is 28.9 Å². The van der Waals surface area contributed by atoms with Gasteiger partial charge >= 0.3 is 0 Å². The molecule has 0 spiro atoms. The van der Waals surface area contributed by atoms with Crippen molar-refractivity contribution < 1.29 is 13.6 Å². The van der Waals surface area contributed by atoms with E-state index in [1.807, 2.05) is 17.0 Å². The third-order valence-electron chi connectivity index (χ3n) is 7.09. The summed E-state index contributed by atoms with van der Waals surface area (Å²) in [6.45, 7) is 2.52. The Morgan fingerprint density at radius 1 is 1.00 bits per heavy atom. The van der Waals surface area contributed by atoms with E-state index in [4.69, 9.17) is 11.6 Å². The van der Waals surface area contributed by atoms with E-state index in [9.17, 15) is 13.6 Å². The van der Waals surface area contributed by atoms with Crippen molar-refractivity contribution in [3.05, 3.63) is 87.5 Å². The standard InChI is InChI=1S/C29H27ClF2N2OS.CH5N/c1-2-18-8-9-20(19-12-14-33-15-13-19)16-21(18)17-34(22-6-4-3-5-7-22)29(35)28-26(30)25-23(31)10-11-24(32)27(25)36-28;1-2/h8-16,22H,2-7,17H2,1H3;2H2,1H3. The predicted octanol–water partition coefficient (Wildman–Crippen LogP) is 8.01. The summed E-state index contributed by atoms with van der Waals surface area (Å²) in [7, 11) is 1.50. The molecule has 2 heterocycles. The van der Waals surface area contributed by atoms with Gasteiger partial charge in [0.05, 0.1) is 15.1 Å². The number of fused-ring (bicyclic) bond motifs is 1. The minimum Gasteiger partial charge on any atom is -0.333 e. The Hall–Kier alpha value is -2.87. The van der Waals surface area contributed by atoms with Crippen molar-refractivity contribution in [2.45, 2.75) is 58.0 Å². The molecule has 2 aromatic heterocycles. The van der Waals surface area contributed by atoms with Gasteiger partial charge in [-0.25, -0.2) is 8.78 Å². The number of carbonyl (C=O) groups excluding carboxylic acids is 1. The van der Waals surface area contributed by atoms with Gasteiger partial charge in [-0.3, -0.25) is 9.78 Å². The molecule has 0 atom stereocenters. The molecule has 0 saturated heterocycles. The second-order valence-corrected chi connectivity index (χ2v) is 10.7. The fraction of sp³-hybridized carbons (Fsp3) is 0.333. The van der Waals surface area contributed by atoms with Crippen molar-refractivity contribution in [3.63, 3.8) is 0 Å². The molecular formula is C30H32ClF2N3OS. The van der Waals surface area contributed by atoms with E-state index in [-0.39, 0.29) is 31.9 Å². The molecule has 2 N–H and O–H groups in total. The highest BCUT2D eigenvalue weighted by Gasteiger charge is 2.31. The molecule has 4 nitrogen and oxygen atoms in total. The fourth-order valence-corrected chi connectivity index (χ4v) is 6.66. The van der Waals surface area contributed by atoms with Gasteiger partial charge in [-0.2, -0.15) is 0 Å². The number of amides is 1. The van der Waals surface area contributed by atoms with Crippen molar-refractivity contribution in [2.24, 2.45) is 5.73 Å². The third kappa shape index (κ3) is 5.75. The SMILES string of the molecule is CCc1ccc(-c2ccncc2)cc1CN(C(=O)c1sc2c(F)ccc(F)c2c1Cl)C1CCCCC1.CN. The van der Waals surface area contributed by atoms with E-state index in [2.05, 4.69) is 35.8 Å². The van der Waals surface area contributed by atoms with Crippen molar-refractivity contribution in [3.8, 4) is 11.1 Å². The Kier molecular flexibility index (Phi) is 9.47. The van der Waals surface area contributed by atoms with Gasteiger partial charge in [0.15, 0.2) is 0 Å². The number of hydrogen-bond donors (Lipinski definition) is 1. The molecule has 1 amide bonds. The number of benzene rings is 2. The topological polar surface area (TPSA) is 59.2 Å². The summed E-state index contributed by atoms with van der Waals surface area (Å²) in [6.07, 6.45) is 9.43. The maximum Gasteiger partial charge on any atom is 0.266 e. The first kappa shape index (κ1) is 28.1. The molecule has 38 heavy (non-hydrogen) atoms. The molecule has 0 aliphatic heterocycles. The summed E-state index contributed by atoms with van der Waals surface area (Å²) in [5.41, 5.74) is 8.86. The first-order chi connectivity index (χ1) is 18.5. The molecule has 0 radical (unpaired) electrons. The van der Waals surface area contributed by atoms with Crippen molar-refractivity contribution in [1.82, 2.24) is 9.88 Å². The van der Waals surface area contributed by atoms with Crippen molar-refractivity contribution in [2.75, 3.05) is 7.05 Å². The van der Waals surface area contributed by atoms with E-state index >= 15 is 0 Å². The number of aryl methyl sites for hydroxylation is 1. The number of hydrogen-bond acceptors (Lipinski definition) is 4. The summed E-state index contributed by atoms with van der Waals surface area (Å²) in [4.78, 5) is 20.2. The quantitative estimate of drug-likeness (QED) is 0.262. The molecule has 8 heteroatoms. The summed E-state index contributed by atoms with van der Waals surface area (Å²) >= 11 is 7.47. The van der Waals surface area contributed by atoms with Crippen LogP contribution in [0.5, 0.6) is 0 Å². The fourth-order valence-electron chi connectivity index (χ4n) is 5.15. The van der Waals surface area contributed by atoms with Crippen molar-refractivity contribution >= 4 is 38.9 Å². The van der Waals surface area contributed by atoms with Crippen LogP contribution in [0.1, 0.15) is 59.8 Å². The lowest BCUT2D eigenvalue weighted by Crippen LogP contribution is -2.41. The van der Waals surface area contributed by atoms with Crippen LogP contribution in [0.15, 0.2) is 54.9 Å². The number of thiophene rings is 1. The second kappa shape index (κ2) is 12.8. The van der Waals surface area contributed by atoms with Gasteiger partial charge in [0.25, 0.3) is 5.91 Å². The lowest BCUT2D eigenvalue weighted by molar-refractivity contribution is 0.0619. The van der Waals surface area contributed by atoms with E-state index in [1.165, 1.54) is 12.6 Å². The van der Waals surface area contributed by atoms with Gasteiger partial charge in [0.1, 0.15) is 16.5 Å². The molecule has 5 rings (SSSR count). The predicted molar refractivity (Wildman–Crippen MR) is 153 cm³/mol. The van der Waals surface area contributed by atoms with Gasteiger partial charge < -0.3 is 10.6 Å². The van der Waals surface area contributed by atoms with Gasteiger partial charge in [-0.05, 0) is 78.9 Å². The number of halogens is 3. The van der Waals surface area contributed by atoms with Crippen LogP contribution in [0.2, 0.25) is 5.02 Å². The minimum atomic E-state index is -0.616. The molecule has 4 aromatic rings. The normalized spacial score (nSPS) is 13.7. The average Bonchev–Trinajstić information content (AvgIpc) is 3.33. The molecule has 0 bridgehead atoms. The molecule has 0 unspecified atom stereocenters. The van der Waals surface area contributed by atoms with Crippen LogP contribution in [0.4, 0.5) is 8.78 Å². The smallest absolute Gasteiger partial charge is 0.266 e. The average molecular weight is 556 g/mol. The Balaban J connectivity index is 0.00000164. The molecule has 1 aliphatic rings. The Morgan fingerprint density at radius 3 is 2.34 bits per heavy atom. The van der Waals surface area contributed by atoms with Crippen LogP contribution in [0.3, 0.4) is 0 Å². The van der Waals surface area contributed by atoms with E-state index in [0.717, 1.165) is 78.7 Å². The Morgan fingerprint density at radius 2 is 1.68 bits per heavy atom. The number of rotatable bonds is 6. The van der Waals surface area contributed by atoms with Gasteiger partial charge in [-0.15, -0.1) is 11.3 Å². The zero-order chi connectivity index (χ0) is 27.2. The summed E-state index contributed by atoms with van der Waals surface area (Å²) in [5.74, 6) is -1.45. The molecule has 1 saturated carbocycles. The highest BCUT2D eigenvalue weighted by molar-refractivity contribution is 7.21. The zero-order valence-electron chi connectivity index (χ0n) is 21.6. The van der Waals surface area contributed by atoms with Crippen LogP contribution < -0.4 is 5.73 Å². The molecule has 1 fully saturated rings. The van der Waals surface area contributed by atoms with Crippen molar-refractivity contribution in [1.29, 1.82) is 0 Å². The largest absolute Gasteiger partial charge is 0.333 e.